The first kappa shape index (κ1) is 32.8. The van der Waals surface area contributed by atoms with Crippen molar-refractivity contribution in [2.24, 2.45) is 46.3 Å². The van der Waals surface area contributed by atoms with Gasteiger partial charge in [0.05, 0.1) is 12.2 Å². The molecule has 7 rings (SSSR count). The van der Waals surface area contributed by atoms with Crippen LogP contribution in [0.4, 0.5) is 0 Å². The molecule has 2 amide bonds. The van der Waals surface area contributed by atoms with E-state index in [1.807, 2.05) is 40.1 Å². The van der Waals surface area contributed by atoms with Crippen LogP contribution in [0.3, 0.4) is 0 Å². The molecule has 0 unspecified atom stereocenters. The number of aliphatic hydroxyl groups is 2. The fourth-order valence-corrected chi connectivity index (χ4v) is 11.7. The summed E-state index contributed by atoms with van der Waals surface area (Å²) in [5.41, 5.74) is 1.52. The molecule has 6 heteroatoms. The Labute approximate surface area is 281 Å². The second-order valence-corrected chi connectivity index (χ2v) is 16.6. The van der Waals surface area contributed by atoms with Gasteiger partial charge in [-0.25, -0.2) is 0 Å². The standard InChI is InChI=1S/C41H56N2O4/c1-27(33-13-14-34-39-35(18-20-41(33,34)3)40(2)19-17-31(44)25-30(40)26-36(39)45)11-15-37(46)42-21-23-43(24-22-42)38(47)16-12-29-9-6-8-28-7-4-5-10-32(28)29/h4-10,12,16,27,30-31,33-36,39,44-45H,11,13-15,17-26H2,1-3H3/b16-12+/t27-,30+,31-,33-,34+,35+,36+,39+,40+,41-/m1/s1. The van der Waals surface area contributed by atoms with Gasteiger partial charge in [-0.2, -0.15) is 0 Å². The monoisotopic (exact) mass is 640 g/mol. The minimum Gasteiger partial charge on any atom is -0.393 e. The summed E-state index contributed by atoms with van der Waals surface area (Å²) in [4.78, 5) is 30.2. The molecule has 2 aromatic carbocycles. The van der Waals surface area contributed by atoms with Crippen molar-refractivity contribution in [3.05, 3.63) is 54.1 Å². The number of carbonyl (C=O) groups excluding carboxylic acids is 2. The van der Waals surface area contributed by atoms with Crippen molar-refractivity contribution in [2.45, 2.75) is 97.2 Å². The van der Waals surface area contributed by atoms with Crippen LogP contribution in [0, 0.1) is 46.3 Å². The summed E-state index contributed by atoms with van der Waals surface area (Å²) in [6, 6.07) is 14.4. The third-order valence-electron chi connectivity index (χ3n) is 14.4. The second kappa shape index (κ2) is 13.0. The molecule has 0 radical (unpaired) electrons. The van der Waals surface area contributed by atoms with Gasteiger partial charge in [-0.15, -0.1) is 0 Å². The van der Waals surface area contributed by atoms with E-state index in [0.717, 1.165) is 48.4 Å². The molecule has 5 aliphatic rings. The van der Waals surface area contributed by atoms with Gasteiger partial charge in [0.1, 0.15) is 0 Å². The predicted molar refractivity (Wildman–Crippen MR) is 187 cm³/mol. The fraction of sp³-hybridized carbons (Fsp3) is 0.659. The van der Waals surface area contributed by atoms with E-state index in [9.17, 15) is 19.8 Å². The minimum absolute atomic E-state index is 0.00563. The number of rotatable bonds is 6. The lowest BCUT2D eigenvalue weighted by Gasteiger charge is -2.62. The molecule has 4 aliphatic carbocycles. The molecule has 1 aliphatic heterocycles. The zero-order valence-corrected chi connectivity index (χ0v) is 28.8. The molecule has 1 heterocycles. The number of benzene rings is 2. The highest BCUT2D eigenvalue weighted by atomic mass is 16.3. The lowest BCUT2D eigenvalue weighted by molar-refractivity contribution is -0.174. The number of hydrogen-bond acceptors (Lipinski definition) is 4. The molecule has 2 N–H and O–H groups in total. The van der Waals surface area contributed by atoms with Crippen LogP contribution in [0.2, 0.25) is 0 Å². The smallest absolute Gasteiger partial charge is 0.246 e. The van der Waals surface area contributed by atoms with Gasteiger partial charge in [0.2, 0.25) is 11.8 Å². The Morgan fingerprint density at radius 3 is 2.38 bits per heavy atom. The van der Waals surface area contributed by atoms with E-state index in [1.165, 1.54) is 25.7 Å². The van der Waals surface area contributed by atoms with Crippen molar-refractivity contribution in [3.8, 4) is 0 Å². The van der Waals surface area contributed by atoms with Crippen LogP contribution in [-0.2, 0) is 9.59 Å². The third kappa shape index (κ3) is 5.96. The Balaban J connectivity index is 0.909. The van der Waals surface area contributed by atoms with Gasteiger partial charge in [-0.1, -0.05) is 63.2 Å². The van der Waals surface area contributed by atoms with E-state index in [2.05, 4.69) is 39.0 Å². The highest BCUT2D eigenvalue weighted by Crippen LogP contribution is 2.68. The summed E-state index contributed by atoms with van der Waals surface area (Å²) < 4.78 is 0. The number of amides is 2. The van der Waals surface area contributed by atoms with Gasteiger partial charge in [0.25, 0.3) is 0 Å². The van der Waals surface area contributed by atoms with E-state index in [1.54, 1.807) is 6.08 Å². The van der Waals surface area contributed by atoms with Gasteiger partial charge in [0, 0.05) is 38.7 Å². The Bertz CT molecular complexity index is 1490. The highest BCUT2D eigenvalue weighted by Gasteiger charge is 2.62. The Morgan fingerprint density at radius 2 is 1.57 bits per heavy atom. The van der Waals surface area contributed by atoms with E-state index in [0.29, 0.717) is 68.1 Å². The van der Waals surface area contributed by atoms with E-state index >= 15 is 0 Å². The van der Waals surface area contributed by atoms with E-state index < -0.39 is 0 Å². The van der Waals surface area contributed by atoms with Crippen LogP contribution in [-0.4, -0.2) is 70.2 Å². The Hall–Kier alpha value is -2.70. The molecule has 47 heavy (non-hydrogen) atoms. The molecule has 0 aromatic heterocycles. The second-order valence-electron chi connectivity index (χ2n) is 16.6. The van der Waals surface area contributed by atoms with Crippen LogP contribution in [0.25, 0.3) is 16.8 Å². The molecular weight excluding hydrogens is 584 g/mol. The number of carbonyl (C=O) groups is 2. The maximum atomic E-state index is 13.4. The summed E-state index contributed by atoms with van der Waals surface area (Å²) >= 11 is 0. The molecule has 2 aromatic rings. The van der Waals surface area contributed by atoms with Gasteiger partial charge in [-0.3, -0.25) is 9.59 Å². The average Bonchev–Trinajstić information content (AvgIpc) is 3.44. The summed E-state index contributed by atoms with van der Waals surface area (Å²) in [7, 11) is 0. The van der Waals surface area contributed by atoms with Gasteiger partial charge >= 0.3 is 0 Å². The molecule has 5 fully saturated rings. The van der Waals surface area contributed by atoms with Crippen LogP contribution in [0.15, 0.2) is 48.5 Å². The summed E-state index contributed by atoms with van der Waals surface area (Å²) in [6.07, 6.45) is 13.2. The zero-order valence-electron chi connectivity index (χ0n) is 28.8. The number of aliphatic hydroxyl groups excluding tert-OH is 2. The SMILES string of the molecule is C[C@H](CCC(=O)N1CCN(C(=O)/C=C/c2cccc3ccccc23)CC1)[C@H]1CC[C@H]2[C@@H]3[C@@H](O)C[C@@H]4C[C@H](O)CC[C@]4(C)[C@H]3CC[C@]12C. The molecule has 6 nitrogen and oxygen atoms in total. The molecule has 10 atom stereocenters. The normalized spacial score (nSPS) is 37.8. The van der Waals surface area contributed by atoms with Crippen molar-refractivity contribution in [1.82, 2.24) is 9.80 Å². The van der Waals surface area contributed by atoms with Crippen LogP contribution < -0.4 is 0 Å². The number of nitrogens with zero attached hydrogens (tertiary/aromatic N) is 2. The summed E-state index contributed by atoms with van der Waals surface area (Å²) in [5.74, 6) is 3.24. The molecule has 4 saturated carbocycles. The number of hydrogen-bond donors (Lipinski definition) is 2. The first-order valence-electron chi connectivity index (χ1n) is 18.7. The summed E-state index contributed by atoms with van der Waals surface area (Å²) in [6.45, 7) is 9.71. The van der Waals surface area contributed by atoms with Gasteiger partial charge < -0.3 is 20.0 Å². The van der Waals surface area contributed by atoms with Gasteiger partial charge in [-0.05, 0) is 127 Å². The molecule has 254 valence electrons. The lowest BCUT2D eigenvalue weighted by Crippen LogP contribution is -2.58. The van der Waals surface area contributed by atoms with Crippen molar-refractivity contribution in [3.63, 3.8) is 0 Å². The van der Waals surface area contributed by atoms with Crippen LogP contribution in [0.1, 0.15) is 90.5 Å². The van der Waals surface area contributed by atoms with Crippen molar-refractivity contribution < 1.29 is 19.8 Å². The van der Waals surface area contributed by atoms with E-state index in [-0.39, 0.29) is 34.9 Å². The first-order valence-corrected chi connectivity index (χ1v) is 18.7. The largest absolute Gasteiger partial charge is 0.393 e. The molecular formula is C41H56N2O4. The lowest BCUT2D eigenvalue weighted by atomic mass is 9.43. The third-order valence-corrected chi connectivity index (χ3v) is 14.4. The van der Waals surface area contributed by atoms with Gasteiger partial charge in [0.15, 0.2) is 0 Å². The number of fused-ring (bicyclic) bond motifs is 6. The van der Waals surface area contributed by atoms with Crippen molar-refractivity contribution >= 4 is 28.7 Å². The van der Waals surface area contributed by atoms with Crippen molar-refractivity contribution in [2.75, 3.05) is 26.2 Å². The Kier molecular flexibility index (Phi) is 9.06. The maximum Gasteiger partial charge on any atom is 0.246 e. The summed E-state index contributed by atoms with van der Waals surface area (Å²) in [5, 5.41) is 24.3. The topological polar surface area (TPSA) is 81.1 Å². The molecule has 0 spiro atoms. The number of piperazine rings is 1. The molecule has 0 bridgehead atoms. The minimum atomic E-state index is -0.247. The molecule has 1 saturated heterocycles. The quantitative estimate of drug-likeness (QED) is 0.336. The van der Waals surface area contributed by atoms with Crippen LogP contribution >= 0.6 is 0 Å². The van der Waals surface area contributed by atoms with Crippen molar-refractivity contribution in [1.29, 1.82) is 0 Å². The fourth-order valence-electron chi connectivity index (χ4n) is 11.7. The highest BCUT2D eigenvalue weighted by molar-refractivity contribution is 5.96. The zero-order chi connectivity index (χ0) is 32.9. The first-order chi connectivity index (χ1) is 22.6. The average molecular weight is 641 g/mol. The van der Waals surface area contributed by atoms with Crippen LogP contribution in [0.5, 0.6) is 0 Å². The van der Waals surface area contributed by atoms with E-state index in [4.69, 9.17) is 0 Å². The Morgan fingerprint density at radius 1 is 0.872 bits per heavy atom. The maximum absolute atomic E-state index is 13.4. The predicted octanol–water partition coefficient (Wildman–Crippen LogP) is 6.93.